The molecule has 1 saturated heterocycles. The highest BCUT2D eigenvalue weighted by atomic mass is 16.7. The van der Waals surface area contributed by atoms with Gasteiger partial charge in [-0.05, 0) is 25.7 Å². The van der Waals surface area contributed by atoms with Gasteiger partial charge in [0.1, 0.15) is 24.4 Å². The Labute approximate surface area is 203 Å². The molecule has 1 heterocycles. The number of allylic oxidation sites excluding steroid dienone is 3. The Balaban J connectivity index is 2.50. The third-order valence-electron chi connectivity index (χ3n) is 5.84. The second-order valence-electron chi connectivity index (χ2n) is 8.73. The average molecular weight is 488 g/mol. The normalized spacial score (nSPS) is 27.3. The molecule has 1 aliphatic heterocycles. The number of ether oxygens (including phenoxy) is 2. The summed E-state index contributed by atoms with van der Waals surface area (Å²) in [7, 11) is 0. The summed E-state index contributed by atoms with van der Waals surface area (Å²) in [5.74, 6) is -0.281. The van der Waals surface area contributed by atoms with Gasteiger partial charge in [-0.15, -0.1) is 0 Å². The number of hydrogen-bond acceptors (Lipinski definition) is 8. The molecule has 9 nitrogen and oxygen atoms in total. The first-order chi connectivity index (χ1) is 16.3. The predicted molar refractivity (Wildman–Crippen MR) is 129 cm³/mol. The quantitative estimate of drug-likeness (QED) is 0.133. The molecule has 0 radical (unpaired) electrons. The van der Waals surface area contributed by atoms with Crippen LogP contribution in [0.25, 0.3) is 0 Å². The van der Waals surface area contributed by atoms with Crippen LogP contribution in [0.1, 0.15) is 71.6 Å². The van der Waals surface area contributed by atoms with Crippen molar-refractivity contribution >= 4 is 5.91 Å². The molecule has 0 aromatic rings. The van der Waals surface area contributed by atoms with E-state index in [9.17, 15) is 30.3 Å². The lowest BCUT2D eigenvalue weighted by molar-refractivity contribution is -0.302. The molecule has 34 heavy (non-hydrogen) atoms. The van der Waals surface area contributed by atoms with E-state index in [1.807, 2.05) is 6.08 Å². The first kappa shape index (κ1) is 30.7. The number of unbranched alkanes of at least 4 members (excludes halogenated alkanes) is 6. The van der Waals surface area contributed by atoms with Gasteiger partial charge in [-0.25, -0.2) is 0 Å². The maximum absolute atomic E-state index is 11.9. The van der Waals surface area contributed by atoms with Gasteiger partial charge >= 0.3 is 0 Å². The molecule has 0 bridgehead atoms. The summed E-state index contributed by atoms with van der Waals surface area (Å²) in [4.78, 5) is 11.9. The number of nitrogens with one attached hydrogen (secondary N) is 1. The minimum atomic E-state index is -1.56. The van der Waals surface area contributed by atoms with Crippen LogP contribution in [-0.2, 0) is 14.3 Å². The molecule has 1 rings (SSSR count). The van der Waals surface area contributed by atoms with E-state index < -0.39 is 49.5 Å². The second kappa shape index (κ2) is 18.0. The van der Waals surface area contributed by atoms with Crippen molar-refractivity contribution in [1.29, 1.82) is 0 Å². The first-order valence-electron chi connectivity index (χ1n) is 12.6. The molecule has 7 atom stereocenters. The van der Waals surface area contributed by atoms with Gasteiger partial charge in [0.2, 0.25) is 5.91 Å². The fourth-order valence-corrected chi connectivity index (χ4v) is 3.60. The SMILES string of the molecule is CCCCCCC/C=C/CC/C=C/C(O)C(COC1OC(CO)C(O)C(O)C1O)NC(=O)CC. The van der Waals surface area contributed by atoms with Gasteiger partial charge < -0.3 is 40.3 Å². The lowest BCUT2D eigenvalue weighted by atomic mass is 9.99. The Morgan fingerprint density at radius 3 is 2.32 bits per heavy atom. The topological polar surface area (TPSA) is 149 Å². The van der Waals surface area contributed by atoms with Gasteiger partial charge in [-0.2, -0.15) is 0 Å². The number of rotatable bonds is 17. The van der Waals surface area contributed by atoms with Crippen LogP contribution in [0.3, 0.4) is 0 Å². The van der Waals surface area contributed by atoms with Gasteiger partial charge in [-0.3, -0.25) is 4.79 Å². The van der Waals surface area contributed by atoms with E-state index in [1.165, 1.54) is 32.1 Å². The van der Waals surface area contributed by atoms with Crippen molar-refractivity contribution in [2.45, 2.75) is 114 Å². The molecule has 7 unspecified atom stereocenters. The summed E-state index contributed by atoms with van der Waals surface area (Å²) in [5.41, 5.74) is 0. The van der Waals surface area contributed by atoms with Crippen LogP contribution in [0.4, 0.5) is 0 Å². The maximum Gasteiger partial charge on any atom is 0.220 e. The second-order valence-corrected chi connectivity index (χ2v) is 8.73. The van der Waals surface area contributed by atoms with Crippen LogP contribution in [0.5, 0.6) is 0 Å². The molecule has 198 valence electrons. The van der Waals surface area contributed by atoms with E-state index >= 15 is 0 Å². The largest absolute Gasteiger partial charge is 0.394 e. The van der Waals surface area contributed by atoms with Gasteiger partial charge in [0.15, 0.2) is 6.29 Å². The number of carbonyl (C=O) groups is 1. The lowest BCUT2D eigenvalue weighted by Crippen LogP contribution is -2.60. The fraction of sp³-hybridized carbons (Fsp3) is 0.800. The van der Waals surface area contributed by atoms with Crippen molar-refractivity contribution in [1.82, 2.24) is 5.32 Å². The van der Waals surface area contributed by atoms with Crippen molar-refractivity contribution < 1.29 is 39.8 Å². The molecule has 1 fully saturated rings. The molecular weight excluding hydrogens is 442 g/mol. The average Bonchev–Trinajstić information content (AvgIpc) is 2.84. The monoisotopic (exact) mass is 487 g/mol. The van der Waals surface area contributed by atoms with Crippen LogP contribution in [0.15, 0.2) is 24.3 Å². The summed E-state index contributed by atoms with van der Waals surface area (Å²) < 4.78 is 10.8. The molecule has 1 amide bonds. The molecular formula is C25H45NO8. The smallest absolute Gasteiger partial charge is 0.220 e. The van der Waals surface area contributed by atoms with Gasteiger partial charge in [0.25, 0.3) is 0 Å². The van der Waals surface area contributed by atoms with E-state index in [1.54, 1.807) is 13.0 Å². The highest BCUT2D eigenvalue weighted by molar-refractivity contribution is 5.75. The molecule has 0 saturated carbocycles. The Bertz CT molecular complexity index is 597. The van der Waals surface area contributed by atoms with E-state index in [2.05, 4.69) is 24.4 Å². The van der Waals surface area contributed by atoms with Gasteiger partial charge in [0.05, 0.1) is 25.4 Å². The predicted octanol–water partition coefficient (Wildman–Crippen LogP) is 1.31. The van der Waals surface area contributed by atoms with Crippen molar-refractivity contribution in [2.24, 2.45) is 0 Å². The molecule has 0 aliphatic carbocycles. The Hall–Kier alpha value is -1.33. The van der Waals surface area contributed by atoms with Crippen molar-refractivity contribution in [3.05, 3.63) is 24.3 Å². The number of aliphatic hydroxyl groups excluding tert-OH is 5. The Morgan fingerprint density at radius 1 is 0.971 bits per heavy atom. The number of amides is 1. The highest BCUT2D eigenvalue weighted by Gasteiger charge is 2.44. The summed E-state index contributed by atoms with van der Waals surface area (Å²) in [5, 5.41) is 52.4. The zero-order chi connectivity index (χ0) is 25.3. The van der Waals surface area contributed by atoms with Crippen LogP contribution in [0.2, 0.25) is 0 Å². The number of carbonyl (C=O) groups excluding carboxylic acids is 1. The number of hydrogen-bond donors (Lipinski definition) is 6. The minimum Gasteiger partial charge on any atom is -0.394 e. The lowest BCUT2D eigenvalue weighted by Gasteiger charge is -2.40. The van der Waals surface area contributed by atoms with Crippen molar-refractivity contribution in [3.8, 4) is 0 Å². The Morgan fingerprint density at radius 2 is 1.65 bits per heavy atom. The summed E-state index contributed by atoms with van der Waals surface area (Å²) in [6.07, 6.45) is 8.89. The molecule has 0 spiro atoms. The highest BCUT2D eigenvalue weighted by Crippen LogP contribution is 2.22. The number of aliphatic hydroxyl groups is 5. The zero-order valence-corrected chi connectivity index (χ0v) is 20.6. The summed E-state index contributed by atoms with van der Waals surface area (Å²) >= 11 is 0. The molecule has 1 aliphatic rings. The molecule has 6 N–H and O–H groups in total. The minimum absolute atomic E-state index is 0.210. The van der Waals surface area contributed by atoms with E-state index in [0.29, 0.717) is 0 Å². The third-order valence-corrected chi connectivity index (χ3v) is 5.84. The van der Waals surface area contributed by atoms with E-state index in [-0.39, 0.29) is 18.9 Å². The van der Waals surface area contributed by atoms with Gasteiger partial charge in [-0.1, -0.05) is 63.8 Å². The molecule has 9 heteroatoms. The van der Waals surface area contributed by atoms with Crippen LogP contribution >= 0.6 is 0 Å². The fourth-order valence-electron chi connectivity index (χ4n) is 3.60. The van der Waals surface area contributed by atoms with Crippen LogP contribution in [0, 0.1) is 0 Å². The van der Waals surface area contributed by atoms with E-state index in [4.69, 9.17) is 9.47 Å². The maximum atomic E-state index is 11.9. The molecule has 0 aromatic heterocycles. The molecule has 0 aromatic carbocycles. The van der Waals surface area contributed by atoms with Crippen LogP contribution < -0.4 is 5.32 Å². The van der Waals surface area contributed by atoms with Crippen molar-refractivity contribution in [3.63, 3.8) is 0 Å². The van der Waals surface area contributed by atoms with Crippen LogP contribution in [-0.4, -0.2) is 87.5 Å². The third kappa shape index (κ3) is 11.4. The zero-order valence-electron chi connectivity index (χ0n) is 20.6. The first-order valence-corrected chi connectivity index (χ1v) is 12.6. The summed E-state index contributed by atoms with van der Waals surface area (Å²) in [6, 6.07) is -0.810. The van der Waals surface area contributed by atoms with Gasteiger partial charge in [0, 0.05) is 6.42 Å². The summed E-state index contributed by atoms with van der Waals surface area (Å²) in [6.45, 7) is 3.11. The van der Waals surface area contributed by atoms with E-state index in [0.717, 1.165) is 19.3 Å². The standard InChI is InChI=1S/C25H45NO8/c1-3-5-6-7-8-9-10-11-12-13-14-15-19(28)18(26-21(29)4-2)17-33-25-24(32)23(31)22(30)20(16-27)34-25/h10-11,14-15,18-20,22-25,27-28,30-32H,3-9,12-13,16-17H2,1-2H3,(H,26,29)/b11-10+,15-14+. The van der Waals surface area contributed by atoms with Crippen molar-refractivity contribution in [2.75, 3.05) is 13.2 Å². The Kier molecular flexibility index (Phi) is 16.3.